The van der Waals surface area contributed by atoms with Gasteiger partial charge in [-0.1, -0.05) is 19.1 Å². The maximum atomic E-state index is 5.88. The normalized spacial score (nSPS) is 11.4. The summed E-state index contributed by atoms with van der Waals surface area (Å²) in [6.07, 6.45) is 0.833. The summed E-state index contributed by atoms with van der Waals surface area (Å²) in [5, 5.41) is 3.15. The summed E-state index contributed by atoms with van der Waals surface area (Å²) in [6.45, 7) is 5.10. The van der Waals surface area contributed by atoms with E-state index in [2.05, 4.69) is 29.1 Å². The zero-order valence-corrected chi connectivity index (χ0v) is 10.6. The van der Waals surface area contributed by atoms with Crippen molar-refractivity contribution in [3.05, 3.63) is 30.1 Å². The molecule has 0 aliphatic rings. The highest BCUT2D eigenvalue weighted by molar-refractivity contribution is 6.04. The molecule has 4 nitrogen and oxygen atoms in total. The smallest absolute Gasteiger partial charge is 0.272 e. The van der Waals surface area contributed by atoms with E-state index in [1.807, 2.05) is 24.3 Å². The van der Waals surface area contributed by atoms with Crippen LogP contribution in [0.5, 0.6) is 0 Å². The summed E-state index contributed by atoms with van der Waals surface area (Å²) in [5.74, 6) is 1.78. The third kappa shape index (κ3) is 1.66. The lowest BCUT2D eigenvalue weighted by Gasteiger charge is -2.00. The lowest BCUT2D eigenvalue weighted by atomic mass is 10.2. The van der Waals surface area contributed by atoms with Crippen molar-refractivity contribution in [2.75, 3.05) is 6.54 Å². The zero-order valence-electron chi connectivity index (χ0n) is 10.6. The highest BCUT2D eigenvalue weighted by Gasteiger charge is 2.16. The molecule has 0 saturated carbocycles. The number of nitrogens with zero attached hydrogens (tertiary/aromatic N) is 2. The fourth-order valence-corrected chi connectivity index (χ4v) is 2.15. The Kier molecular flexibility index (Phi) is 2.72. The highest BCUT2D eigenvalue weighted by Crippen LogP contribution is 2.29. The van der Waals surface area contributed by atoms with Crippen LogP contribution in [-0.2, 0) is 6.42 Å². The number of para-hydroxylation sites is 1. The SMILES string of the molecule is CC[NH2+]c1nc(CC)nc2c1oc1ccccc12. The van der Waals surface area contributed by atoms with Gasteiger partial charge in [0.25, 0.3) is 5.82 Å². The molecule has 0 unspecified atom stereocenters. The van der Waals surface area contributed by atoms with Crippen LogP contribution in [0.4, 0.5) is 5.82 Å². The summed E-state index contributed by atoms with van der Waals surface area (Å²) >= 11 is 0. The number of aryl methyl sites for hydroxylation is 1. The fraction of sp³-hybridized carbons (Fsp3) is 0.286. The third-order valence-corrected chi connectivity index (χ3v) is 3.01. The van der Waals surface area contributed by atoms with Crippen LogP contribution in [0, 0.1) is 0 Å². The van der Waals surface area contributed by atoms with Gasteiger partial charge in [-0.05, 0) is 19.1 Å². The number of fused-ring (bicyclic) bond motifs is 3. The minimum atomic E-state index is 0.801. The van der Waals surface area contributed by atoms with E-state index in [1.54, 1.807) is 0 Å². The molecular weight excluding hydrogens is 226 g/mol. The van der Waals surface area contributed by atoms with Gasteiger partial charge in [0.05, 0.1) is 6.54 Å². The number of furan rings is 1. The van der Waals surface area contributed by atoms with E-state index in [0.29, 0.717) is 0 Å². The van der Waals surface area contributed by atoms with Gasteiger partial charge in [-0.3, -0.25) is 5.32 Å². The van der Waals surface area contributed by atoms with E-state index in [9.17, 15) is 0 Å². The molecule has 0 atom stereocenters. The predicted octanol–water partition coefficient (Wildman–Crippen LogP) is 2.15. The monoisotopic (exact) mass is 242 g/mol. The van der Waals surface area contributed by atoms with Gasteiger partial charge in [0.1, 0.15) is 16.9 Å². The molecule has 18 heavy (non-hydrogen) atoms. The summed E-state index contributed by atoms with van der Waals surface area (Å²) in [6, 6.07) is 8.00. The molecular formula is C14H16N3O+. The van der Waals surface area contributed by atoms with Crippen LogP contribution in [0.3, 0.4) is 0 Å². The van der Waals surface area contributed by atoms with Gasteiger partial charge in [-0.2, -0.15) is 4.98 Å². The van der Waals surface area contributed by atoms with Crippen LogP contribution < -0.4 is 5.32 Å². The Labute approximate surface area is 105 Å². The maximum absolute atomic E-state index is 5.88. The number of rotatable bonds is 3. The van der Waals surface area contributed by atoms with Gasteiger partial charge in [-0.15, -0.1) is 0 Å². The van der Waals surface area contributed by atoms with Crippen LogP contribution in [-0.4, -0.2) is 16.5 Å². The summed E-state index contributed by atoms with van der Waals surface area (Å²) in [5.41, 5.74) is 2.60. The first-order valence-electron chi connectivity index (χ1n) is 6.34. The quantitative estimate of drug-likeness (QED) is 0.765. The molecule has 0 radical (unpaired) electrons. The standard InChI is InChI=1S/C14H15N3O/c1-3-11-16-12-9-7-5-6-8-10(9)18-13(12)14(17-11)15-4-2/h5-8H,3-4H2,1-2H3,(H,15,16,17)/p+1. The van der Waals surface area contributed by atoms with Crippen molar-refractivity contribution in [2.24, 2.45) is 0 Å². The van der Waals surface area contributed by atoms with E-state index in [-0.39, 0.29) is 0 Å². The lowest BCUT2D eigenvalue weighted by Crippen LogP contribution is -2.77. The number of benzene rings is 1. The second kappa shape index (κ2) is 4.38. The first-order chi connectivity index (χ1) is 8.83. The predicted molar refractivity (Wildman–Crippen MR) is 70.8 cm³/mol. The largest absolute Gasteiger partial charge is 0.446 e. The van der Waals surface area contributed by atoms with Gasteiger partial charge in [0.15, 0.2) is 0 Å². The molecule has 0 aliphatic carbocycles. The van der Waals surface area contributed by atoms with Crippen molar-refractivity contribution in [1.82, 2.24) is 9.97 Å². The van der Waals surface area contributed by atoms with Crippen molar-refractivity contribution in [1.29, 1.82) is 0 Å². The molecule has 4 heteroatoms. The molecule has 2 heterocycles. The number of aromatic nitrogens is 2. The number of hydrogen-bond donors (Lipinski definition) is 1. The summed E-state index contributed by atoms with van der Waals surface area (Å²) in [7, 11) is 0. The van der Waals surface area contributed by atoms with E-state index in [0.717, 1.165) is 46.7 Å². The van der Waals surface area contributed by atoms with Gasteiger partial charge in [-0.25, -0.2) is 4.98 Å². The maximum Gasteiger partial charge on any atom is 0.272 e. The van der Waals surface area contributed by atoms with E-state index < -0.39 is 0 Å². The second-order valence-electron chi connectivity index (χ2n) is 4.27. The zero-order chi connectivity index (χ0) is 12.5. The molecule has 0 amide bonds. The van der Waals surface area contributed by atoms with Crippen LogP contribution in [0.1, 0.15) is 19.7 Å². The molecule has 1 aromatic carbocycles. The molecule has 0 spiro atoms. The van der Waals surface area contributed by atoms with Gasteiger partial charge in [0, 0.05) is 11.8 Å². The fourth-order valence-electron chi connectivity index (χ4n) is 2.15. The highest BCUT2D eigenvalue weighted by atomic mass is 16.3. The van der Waals surface area contributed by atoms with Crippen molar-refractivity contribution in [3.8, 4) is 0 Å². The average molecular weight is 242 g/mol. The summed E-state index contributed by atoms with van der Waals surface area (Å²) in [4.78, 5) is 9.14. The minimum absolute atomic E-state index is 0.801. The van der Waals surface area contributed by atoms with Crippen molar-refractivity contribution in [3.63, 3.8) is 0 Å². The van der Waals surface area contributed by atoms with Crippen LogP contribution in [0.25, 0.3) is 22.1 Å². The minimum Gasteiger partial charge on any atom is -0.446 e. The topological polar surface area (TPSA) is 55.5 Å². The Balaban J connectivity index is 2.38. The Hall–Kier alpha value is -1.94. The second-order valence-corrected chi connectivity index (χ2v) is 4.27. The van der Waals surface area contributed by atoms with E-state index in [4.69, 9.17) is 4.42 Å². The Morgan fingerprint density at radius 1 is 1.17 bits per heavy atom. The van der Waals surface area contributed by atoms with Crippen LogP contribution in [0.2, 0.25) is 0 Å². The van der Waals surface area contributed by atoms with E-state index >= 15 is 0 Å². The molecule has 2 N–H and O–H groups in total. The van der Waals surface area contributed by atoms with E-state index in [1.165, 1.54) is 0 Å². The van der Waals surface area contributed by atoms with Crippen LogP contribution >= 0.6 is 0 Å². The van der Waals surface area contributed by atoms with Crippen molar-refractivity contribution < 1.29 is 9.73 Å². The summed E-state index contributed by atoms with van der Waals surface area (Å²) < 4.78 is 5.88. The van der Waals surface area contributed by atoms with Gasteiger partial charge in [0.2, 0.25) is 5.58 Å². The van der Waals surface area contributed by atoms with Crippen molar-refractivity contribution >= 4 is 27.9 Å². The molecule has 0 fully saturated rings. The van der Waals surface area contributed by atoms with Crippen molar-refractivity contribution in [2.45, 2.75) is 20.3 Å². The van der Waals surface area contributed by atoms with Gasteiger partial charge < -0.3 is 4.42 Å². The number of hydrogen-bond acceptors (Lipinski definition) is 3. The molecule has 0 aliphatic heterocycles. The number of nitrogens with two attached hydrogens (primary N) is 1. The Morgan fingerprint density at radius 2 is 2.00 bits per heavy atom. The first-order valence-corrected chi connectivity index (χ1v) is 6.34. The molecule has 3 rings (SSSR count). The molecule has 0 bridgehead atoms. The average Bonchev–Trinajstić information content (AvgIpc) is 2.78. The Bertz CT molecular complexity index is 703. The van der Waals surface area contributed by atoms with Gasteiger partial charge >= 0.3 is 0 Å². The Morgan fingerprint density at radius 3 is 2.78 bits per heavy atom. The lowest BCUT2D eigenvalue weighted by molar-refractivity contribution is -0.570. The molecule has 92 valence electrons. The van der Waals surface area contributed by atoms with Crippen LogP contribution in [0.15, 0.2) is 28.7 Å². The molecule has 0 saturated heterocycles. The third-order valence-electron chi connectivity index (χ3n) is 3.01. The first kappa shape index (κ1) is 11.2. The molecule has 2 aromatic heterocycles. The molecule has 3 aromatic rings. The number of quaternary nitrogens is 1.